The van der Waals surface area contributed by atoms with E-state index in [2.05, 4.69) is 45.2 Å². The summed E-state index contributed by atoms with van der Waals surface area (Å²) in [5.41, 5.74) is 7.55. The number of aliphatic imine (C=N–C) groups is 1. The quantitative estimate of drug-likeness (QED) is 0.439. The number of halogens is 1. The number of H-pyrrole nitrogens is 1. The van der Waals surface area contributed by atoms with Gasteiger partial charge < -0.3 is 20.9 Å². The van der Waals surface area contributed by atoms with Crippen molar-refractivity contribution < 1.29 is 4.39 Å². The molecule has 3 aliphatic carbocycles. The number of piperidine rings is 2. The monoisotopic (exact) mass is 494 g/mol. The first-order valence-electron chi connectivity index (χ1n) is 14.0. The summed E-state index contributed by atoms with van der Waals surface area (Å²) in [6, 6.07) is 14.2. The second-order valence-electron chi connectivity index (χ2n) is 12.1. The molecular weight excluding hydrogens is 463 g/mol. The number of nitrogens with zero attached hydrogens (tertiary/aromatic N) is 2. The van der Waals surface area contributed by atoms with Gasteiger partial charge in [-0.3, -0.25) is 4.99 Å². The van der Waals surface area contributed by atoms with Gasteiger partial charge in [-0.25, -0.2) is 9.37 Å². The zero-order chi connectivity index (χ0) is 24.2. The van der Waals surface area contributed by atoms with Crippen LogP contribution in [0.2, 0.25) is 0 Å². The van der Waals surface area contributed by atoms with E-state index in [1.165, 1.54) is 36.1 Å². The van der Waals surface area contributed by atoms with Crippen LogP contribution in [0, 0.1) is 17.7 Å². The van der Waals surface area contributed by atoms with Crippen LogP contribution in [0.3, 0.4) is 0 Å². The fourth-order valence-corrected chi connectivity index (χ4v) is 7.37. The summed E-state index contributed by atoms with van der Waals surface area (Å²) >= 11 is 0. The van der Waals surface area contributed by atoms with Gasteiger partial charge in [0.2, 0.25) is 0 Å². The predicted molar refractivity (Wildman–Crippen MR) is 141 cm³/mol. The van der Waals surface area contributed by atoms with Crippen molar-refractivity contribution >= 4 is 5.84 Å². The van der Waals surface area contributed by atoms with E-state index in [0.717, 1.165) is 59.6 Å². The second-order valence-corrected chi connectivity index (χ2v) is 12.1. The highest BCUT2D eigenvalue weighted by molar-refractivity contribution is 5.90. The first-order valence-corrected chi connectivity index (χ1v) is 14.0. The van der Waals surface area contributed by atoms with Crippen molar-refractivity contribution in [3.05, 3.63) is 64.9 Å². The van der Waals surface area contributed by atoms with Gasteiger partial charge in [0.15, 0.2) is 0 Å². The summed E-state index contributed by atoms with van der Waals surface area (Å²) in [6.45, 7) is 0.601. The molecule has 6 aliphatic rings. The molecule has 4 N–H and O–H groups in total. The minimum absolute atomic E-state index is 0.0844. The molecule has 0 bridgehead atoms. The SMILES string of the molecule is Fc1cc(-c2ccc3c(c2)CCc2[nH]c([C@@H]4C[C@H]5C[C@H]5N4)nc2-3)ccc1C1CN=C([C@@H]2CC3C[C@H]3N2)N1. The lowest BCUT2D eigenvalue weighted by molar-refractivity contribution is 0.542. The standard InChI is InChI=1S/C30H31FN6/c31-21-8-15(2-5-20(21)27-13-32-29(36-27)25-11-17-9-23(17)33-25)14-1-4-19-16(7-14)3-6-22-28(19)37-30(35-22)26-12-18-10-24(18)34-26/h1-2,4-5,7-8,17-18,23-27,33-34H,3,6,9-13H2,(H,32,36)(H,35,37)/t17?,18-,23-,24-,25+,26+,27?/m1/s1. The topological polar surface area (TPSA) is 77.1 Å². The van der Waals surface area contributed by atoms with Crippen LogP contribution < -0.4 is 16.0 Å². The molecule has 4 fully saturated rings. The van der Waals surface area contributed by atoms with E-state index < -0.39 is 0 Å². The number of fused-ring (bicyclic) bond motifs is 5. The smallest absolute Gasteiger partial charge is 0.129 e. The molecule has 3 aliphatic heterocycles. The summed E-state index contributed by atoms with van der Waals surface area (Å²) in [6.07, 6.45) is 6.93. The van der Waals surface area contributed by atoms with Crippen molar-refractivity contribution in [1.82, 2.24) is 25.9 Å². The highest BCUT2D eigenvalue weighted by Crippen LogP contribution is 2.46. The molecular formula is C30H31FN6. The van der Waals surface area contributed by atoms with Gasteiger partial charge >= 0.3 is 0 Å². The number of rotatable bonds is 4. The first-order chi connectivity index (χ1) is 18.2. The Balaban J connectivity index is 0.947. The molecule has 9 rings (SSSR count). The number of aryl methyl sites for hydroxylation is 2. The van der Waals surface area contributed by atoms with Gasteiger partial charge in [0.05, 0.1) is 30.4 Å². The van der Waals surface area contributed by atoms with Crippen molar-refractivity contribution in [3.63, 3.8) is 0 Å². The average Bonchev–Trinajstić information content (AvgIpc) is 3.50. The molecule has 1 aromatic heterocycles. The van der Waals surface area contributed by atoms with E-state index in [0.29, 0.717) is 36.3 Å². The third-order valence-electron chi connectivity index (χ3n) is 9.69. The second kappa shape index (κ2) is 7.51. The number of hydrogen-bond donors (Lipinski definition) is 4. The molecule has 7 heteroatoms. The molecule has 188 valence electrons. The van der Waals surface area contributed by atoms with Gasteiger partial charge in [0.25, 0.3) is 0 Å². The molecule has 2 aromatic carbocycles. The van der Waals surface area contributed by atoms with Gasteiger partial charge in [-0.2, -0.15) is 0 Å². The Morgan fingerprint density at radius 2 is 1.59 bits per heavy atom. The summed E-state index contributed by atoms with van der Waals surface area (Å²) < 4.78 is 15.4. The third-order valence-corrected chi connectivity index (χ3v) is 9.69. The fraction of sp³-hybridized carbons (Fsp3) is 0.467. The Bertz CT molecular complexity index is 1450. The highest BCUT2D eigenvalue weighted by atomic mass is 19.1. The molecule has 0 radical (unpaired) electrons. The minimum Gasteiger partial charge on any atom is -0.364 e. The first kappa shape index (κ1) is 21.0. The van der Waals surface area contributed by atoms with Crippen LogP contribution in [0.1, 0.15) is 60.4 Å². The maximum absolute atomic E-state index is 15.4. The van der Waals surface area contributed by atoms with E-state index >= 15 is 4.39 Å². The van der Waals surface area contributed by atoms with Crippen LogP contribution in [0.25, 0.3) is 22.4 Å². The molecule has 7 atom stereocenters. The molecule has 2 saturated carbocycles. The Morgan fingerprint density at radius 3 is 2.38 bits per heavy atom. The summed E-state index contributed by atoms with van der Waals surface area (Å²) in [5, 5.41) is 10.9. The molecule has 2 unspecified atom stereocenters. The van der Waals surface area contributed by atoms with Gasteiger partial charge in [-0.1, -0.05) is 30.3 Å². The number of benzene rings is 2. The fourth-order valence-electron chi connectivity index (χ4n) is 7.37. The van der Waals surface area contributed by atoms with Crippen LogP contribution in [-0.2, 0) is 12.8 Å². The van der Waals surface area contributed by atoms with Gasteiger partial charge in [0.1, 0.15) is 17.5 Å². The van der Waals surface area contributed by atoms with Gasteiger partial charge in [-0.05, 0) is 73.1 Å². The summed E-state index contributed by atoms with van der Waals surface area (Å²) in [7, 11) is 0. The zero-order valence-corrected chi connectivity index (χ0v) is 20.7. The number of aromatic nitrogens is 2. The number of nitrogens with one attached hydrogen (secondary N) is 4. The maximum Gasteiger partial charge on any atom is 0.129 e. The zero-order valence-electron chi connectivity index (χ0n) is 20.7. The maximum atomic E-state index is 15.4. The largest absolute Gasteiger partial charge is 0.364 e. The average molecular weight is 495 g/mol. The van der Waals surface area contributed by atoms with Crippen molar-refractivity contribution in [2.24, 2.45) is 16.8 Å². The van der Waals surface area contributed by atoms with E-state index in [9.17, 15) is 0 Å². The van der Waals surface area contributed by atoms with E-state index in [1.807, 2.05) is 6.07 Å². The van der Waals surface area contributed by atoms with Gasteiger partial charge in [0, 0.05) is 28.9 Å². The van der Waals surface area contributed by atoms with Crippen LogP contribution in [0.15, 0.2) is 41.4 Å². The summed E-state index contributed by atoms with van der Waals surface area (Å²) in [4.78, 5) is 13.4. The third kappa shape index (κ3) is 3.36. The molecule has 0 amide bonds. The Labute approximate surface area is 215 Å². The van der Waals surface area contributed by atoms with E-state index in [-0.39, 0.29) is 11.9 Å². The predicted octanol–water partition coefficient (Wildman–Crippen LogP) is 4.20. The van der Waals surface area contributed by atoms with Crippen molar-refractivity contribution in [1.29, 1.82) is 0 Å². The molecule has 3 aromatic rings. The number of amidine groups is 1. The lowest BCUT2D eigenvalue weighted by atomic mass is 9.89. The number of aromatic amines is 1. The van der Waals surface area contributed by atoms with E-state index in [4.69, 9.17) is 9.98 Å². The minimum atomic E-state index is -0.159. The van der Waals surface area contributed by atoms with Crippen LogP contribution in [-0.4, -0.2) is 40.5 Å². The molecule has 37 heavy (non-hydrogen) atoms. The normalized spacial score (nSPS) is 34.3. The molecule has 6 nitrogen and oxygen atoms in total. The van der Waals surface area contributed by atoms with Crippen LogP contribution in [0.4, 0.5) is 4.39 Å². The Hall–Kier alpha value is -3.03. The van der Waals surface area contributed by atoms with Crippen molar-refractivity contribution in [2.75, 3.05) is 6.54 Å². The van der Waals surface area contributed by atoms with Crippen LogP contribution in [0.5, 0.6) is 0 Å². The molecule has 0 spiro atoms. The summed E-state index contributed by atoms with van der Waals surface area (Å²) in [5.74, 6) is 3.62. The van der Waals surface area contributed by atoms with Crippen molar-refractivity contribution in [3.8, 4) is 22.4 Å². The Morgan fingerprint density at radius 1 is 0.811 bits per heavy atom. The highest BCUT2D eigenvalue weighted by Gasteiger charge is 2.48. The lowest BCUT2D eigenvalue weighted by Crippen LogP contribution is -2.41. The van der Waals surface area contributed by atoms with Crippen molar-refractivity contribution in [2.45, 2.75) is 68.7 Å². The molecule has 2 saturated heterocycles. The van der Waals surface area contributed by atoms with E-state index in [1.54, 1.807) is 6.07 Å². The molecule has 4 heterocycles. The van der Waals surface area contributed by atoms with Crippen LogP contribution >= 0.6 is 0 Å². The number of hydrogen-bond acceptors (Lipinski definition) is 5. The lowest BCUT2D eigenvalue weighted by Gasteiger charge is -2.19. The van der Waals surface area contributed by atoms with Gasteiger partial charge in [-0.15, -0.1) is 0 Å². The number of imidazole rings is 1. The Kier molecular flexibility index (Phi) is 4.26.